The maximum atomic E-state index is 11.1. The maximum absolute atomic E-state index is 11.1. The SMILES string of the molecule is C[C@@H](CCC(=O)O)[C@H]1CC[C@@H]2[C@@H]3C[C@H](O)[C@@H]4C[C@H](O)CC[C@]4(C)[C@H]3CC[C@@]21C. The zero-order valence-corrected chi connectivity index (χ0v) is 17.9. The average molecular weight is 393 g/mol. The summed E-state index contributed by atoms with van der Waals surface area (Å²) in [5.41, 5.74) is 0.478. The van der Waals surface area contributed by atoms with Crippen molar-refractivity contribution in [2.45, 2.75) is 97.2 Å². The molecule has 0 unspecified atom stereocenters. The Labute approximate surface area is 170 Å². The van der Waals surface area contributed by atoms with Gasteiger partial charge in [-0.25, -0.2) is 0 Å². The van der Waals surface area contributed by atoms with Crippen molar-refractivity contribution in [3.05, 3.63) is 0 Å². The Hall–Kier alpha value is -0.610. The highest BCUT2D eigenvalue weighted by atomic mass is 16.4. The number of aliphatic carboxylic acids is 1. The Morgan fingerprint density at radius 1 is 0.964 bits per heavy atom. The van der Waals surface area contributed by atoms with Gasteiger partial charge in [0.1, 0.15) is 0 Å². The molecule has 4 saturated carbocycles. The van der Waals surface area contributed by atoms with Crippen LogP contribution in [0.2, 0.25) is 0 Å². The number of aliphatic hydroxyl groups excluding tert-OH is 2. The first-order chi connectivity index (χ1) is 13.2. The van der Waals surface area contributed by atoms with Crippen molar-refractivity contribution in [3.8, 4) is 0 Å². The Morgan fingerprint density at radius 3 is 2.36 bits per heavy atom. The first-order valence-electron chi connectivity index (χ1n) is 11.7. The van der Waals surface area contributed by atoms with Gasteiger partial charge in [-0.1, -0.05) is 20.8 Å². The molecule has 4 fully saturated rings. The van der Waals surface area contributed by atoms with Gasteiger partial charge in [0, 0.05) is 6.42 Å². The largest absolute Gasteiger partial charge is 0.481 e. The molecule has 0 spiro atoms. The molecule has 4 rings (SSSR count). The Bertz CT molecular complexity index is 605. The summed E-state index contributed by atoms with van der Waals surface area (Å²) in [5, 5.41) is 30.4. The third-order valence-electron chi connectivity index (χ3n) is 10.2. The van der Waals surface area contributed by atoms with Crippen molar-refractivity contribution in [2.24, 2.45) is 46.3 Å². The van der Waals surface area contributed by atoms with Crippen LogP contribution in [0.1, 0.15) is 85.0 Å². The summed E-state index contributed by atoms with van der Waals surface area (Å²) in [4.78, 5) is 11.1. The standard InChI is InChI=1S/C24H40O4/c1-14(4-7-22(27)28)17-5-6-18-16-13-21(26)20-12-15(25)8-10-24(20,3)19(16)9-11-23(17,18)2/h14-21,25-26H,4-13H2,1-3H3,(H,27,28)/t14-,15+,16-,17+,18+,19-,20-,21-,23+,24+/m0/s1. The zero-order chi connectivity index (χ0) is 20.3. The first kappa shape index (κ1) is 20.7. The molecule has 0 aromatic carbocycles. The topological polar surface area (TPSA) is 77.8 Å². The molecule has 4 aliphatic rings. The van der Waals surface area contributed by atoms with E-state index in [0.29, 0.717) is 35.0 Å². The van der Waals surface area contributed by atoms with Crippen LogP contribution >= 0.6 is 0 Å². The van der Waals surface area contributed by atoms with E-state index >= 15 is 0 Å². The fraction of sp³-hybridized carbons (Fsp3) is 0.958. The Kier molecular flexibility index (Phi) is 5.36. The van der Waals surface area contributed by atoms with Crippen LogP contribution in [-0.4, -0.2) is 33.5 Å². The van der Waals surface area contributed by atoms with E-state index in [1.54, 1.807) is 0 Å². The molecule has 0 heterocycles. The molecular weight excluding hydrogens is 352 g/mol. The summed E-state index contributed by atoms with van der Waals surface area (Å²) in [6.07, 6.45) is 9.16. The molecule has 3 N–H and O–H groups in total. The van der Waals surface area contributed by atoms with Crippen LogP contribution in [0.4, 0.5) is 0 Å². The van der Waals surface area contributed by atoms with Gasteiger partial charge in [0.15, 0.2) is 0 Å². The van der Waals surface area contributed by atoms with E-state index in [0.717, 1.165) is 32.1 Å². The summed E-state index contributed by atoms with van der Waals surface area (Å²) >= 11 is 0. The van der Waals surface area contributed by atoms with E-state index in [1.807, 2.05) is 0 Å². The summed E-state index contributed by atoms with van der Waals surface area (Å²) < 4.78 is 0. The number of carboxylic acids is 1. The molecule has 4 heteroatoms. The molecule has 0 saturated heterocycles. The van der Waals surface area contributed by atoms with Crippen molar-refractivity contribution >= 4 is 5.97 Å². The molecular formula is C24H40O4. The number of rotatable bonds is 4. The van der Waals surface area contributed by atoms with Gasteiger partial charge < -0.3 is 15.3 Å². The van der Waals surface area contributed by atoms with Crippen LogP contribution in [0.25, 0.3) is 0 Å². The lowest BCUT2D eigenvalue weighted by atomic mass is 9.44. The van der Waals surface area contributed by atoms with Crippen molar-refractivity contribution in [1.82, 2.24) is 0 Å². The van der Waals surface area contributed by atoms with Gasteiger partial charge in [0.05, 0.1) is 12.2 Å². The molecule has 4 nitrogen and oxygen atoms in total. The molecule has 10 atom stereocenters. The van der Waals surface area contributed by atoms with E-state index < -0.39 is 5.97 Å². The highest BCUT2D eigenvalue weighted by Crippen LogP contribution is 2.68. The second kappa shape index (κ2) is 7.27. The molecule has 4 aliphatic carbocycles. The number of aliphatic hydroxyl groups is 2. The molecule has 0 radical (unpaired) electrons. The van der Waals surface area contributed by atoms with Gasteiger partial charge in [-0.2, -0.15) is 0 Å². The van der Waals surface area contributed by atoms with Crippen molar-refractivity contribution < 1.29 is 20.1 Å². The minimum Gasteiger partial charge on any atom is -0.481 e. The monoisotopic (exact) mass is 392 g/mol. The van der Waals surface area contributed by atoms with Gasteiger partial charge in [-0.05, 0) is 104 Å². The fourth-order valence-electron chi connectivity index (χ4n) is 8.81. The molecule has 0 aliphatic heterocycles. The summed E-state index contributed by atoms with van der Waals surface area (Å²) in [6, 6.07) is 0. The smallest absolute Gasteiger partial charge is 0.303 e. The second-order valence-corrected chi connectivity index (χ2v) is 11.4. The fourth-order valence-corrected chi connectivity index (χ4v) is 8.81. The average Bonchev–Trinajstić information content (AvgIpc) is 2.99. The third-order valence-corrected chi connectivity index (χ3v) is 10.2. The first-order valence-corrected chi connectivity index (χ1v) is 11.7. The molecule has 0 bridgehead atoms. The highest BCUT2D eigenvalue weighted by Gasteiger charge is 2.62. The van der Waals surface area contributed by atoms with Crippen LogP contribution in [0, 0.1) is 46.3 Å². The Balaban J connectivity index is 1.55. The lowest BCUT2D eigenvalue weighted by Crippen LogP contribution is -2.58. The maximum Gasteiger partial charge on any atom is 0.303 e. The van der Waals surface area contributed by atoms with Crippen LogP contribution < -0.4 is 0 Å². The lowest BCUT2D eigenvalue weighted by Gasteiger charge is -2.62. The molecule has 0 aromatic rings. The van der Waals surface area contributed by atoms with E-state index in [1.165, 1.54) is 25.7 Å². The van der Waals surface area contributed by atoms with E-state index in [9.17, 15) is 15.0 Å². The molecule has 0 amide bonds. The van der Waals surface area contributed by atoms with Gasteiger partial charge in [0.25, 0.3) is 0 Å². The van der Waals surface area contributed by atoms with Gasteiger partial charge in [-0.15, -0.1) is 0 Å². The number of fused-ring (bicyclic) bond motifs is 5. The quantitative estimate of drug-likeness (QED) is 0.659. The van der Waals surface area contributed by atoms with Crippen molar-refractivity contribution in [2.75, 3.05) is 0 Å². The van der Waals surface area contributed by atoms with Gasteiger partial charge in [-0.3, -0.25) is 4.79 Å². The summed E-state index contributed by atoms with van der Waals surface area (Å²) in [7, 11) is 0. The lowest BCUT2D eigenvalue weighted by molar-refractivity contribution is -0.172. The third kappa shape index (κ3) is 3.14. The minimum atomic E-state index is -0.677. The number of carboxylic acid groups (broad SMARTS) is 1. The van der Waals surface area contributed by atoms with E-state index in [2.05, 4.69) is 20.8 Å². The predicted molar refractivity (Wildman–Crippen MR) is 109 cm³/mol. The highest BCUT2D eigenvalue weighted by molar-refractivity contribution is 5.66. The van der Waals surface area contributed by atoms with E-state index in [-0.39, 0.29) is 30.0 Å². The van der Waals surface area contributed by atoms with Crippen LogP contribution in [0.15, 0.2) is 0 Å². The molecule has 0 aromatic heterocycles. The normalized spacial score (nSPS) is 51.7. The van der Waals surface area contributed by atoms with Crippen LogP contribution in [0.3, 0.4) is 0 Å². The molecule has 28 heavy (non-hydrogen) atoms. The van der Waals surface area contributed by atoms with E-state index in [4.69, 9.17) is 5.11 Å². The van der Waals surface area contributed by atoms with Gasteiger partial charge >= 0.3 is 5.97 Å². The number of hydrogen-bond acceptors (Lipinski definition) is 3. The summed E-state index contributed by atoms with van der Waals surface area (Å²) in [5.74, 6) is 2.61. The number of carbonyl (C=O) groups is 1. The predicted octanol–water partition coefficient (Wildman–Crippen LogP) is 4.48. The van der Waals surface area contributed by atoms with Crippen LogP contribution in [0.5, 0.6) is 0 Å². The van der Waals surface area contributed by atoms with Gasteiger partial charge in [0.2, 0.25) is 0 Å². The molecule has 160 valence electrons. The Morgan fingerprint density at radius 2 is 1.64 bits per heavy atom. The van der Waals surface area contributed by atoms with Crippen molar-refractivity contribution in [3.63, 3.8) is 0 Å². The zero-order valence-electron chi connectivity index (χ0n) is 17.9. The number of hydrogen-bond donors (Lipinski definition) is 3. The van der Waals surface area contributed by atoms with Crippen molar-refractivity contribution in [1.29, 1.82) is 0 Å². The minimum absolute atomic E-state index is 0.176. The summed E-state index contributed by atoms with van der Waals surface area (Å²) in [6.45, 7) is 7.16. The van der Waals surface area contributed by atoms with Crippen LogP contribution in [-0.2, 0) is 4.79 Å². The second-order valence-electron chi connectivity index (χ2n) is 11.4.